The molecule has 1 amide bonds. The van der Waals surface area contributed by atoms with Gasteiger partial charge in [0.05, 0.1) is 13.2 Å². The first kappa shape index (κ1) is 14.5. The van der Waals surface area contributed by atoms with Crippen LogP contribution in [-0.2, 0) is 9.53 Å². The highest BCUT2D eigenvalue weighted by atomic mass is 16.5. The van der Waals surface area contributed by atoms with E-state index in [1.807, 2.05) is 11.8 Å². The summed E-state index contributed by atoms with van der Waals surface area (Å²) in [6, 6.07) is 0.410. The Morgan fingerprint density at radius 2 is 2.29 bits per heavy atom. The number of rotatable bonds is 7. The third-order valence-electron chi connectivity index (χ3n) is 3.45. The fourth-order valence-electron chi connectivity index (χ4n) is 1.96. The summed E-state index contributed by atoms with van der Waals surface area (Å²) in [5.74, 6) is 0.738. The van der Waals surface area contributed by atoms with Gasteiger partial charge in [-0.15, -0.1) is 0 Å². The molecular formula is C13H26N2O2. The summed E-state index contributed by atoms with van der Waals surface area (Å²) < 4.78 is 5.34. The lowest BCUT2D eigenvalue weighted by Gasteiger charge is -2.24. The van der Waals surface area contributed by atoms with Crippen molar-refractivity contribution in [2.45, 2.75) is 39.7 Å². The van der Waals surface area contributed by atoms with Crippen LogP contribution in [0.2, 0.25) is 0 Å². The molecule has 1 rings (SSSR count). The number of hydrogen-bond donors (Lipinski definition) is 1. The van der Waals surface area contributed by atoms with E-state index in [-0.39, 0.29) is 5.91 Å². The Bertz CT molecular complexity index is 227. The first-order valence-corrected chi connectivity index (χ1v) is 6.76. The Morgan fingerprint density at radius 3 is 2.82 bits per heavy atom. The highest BCUT2D eigenvalue weighted by molar-refractivity contribution is 5.78. The summed E-state index contributed by atoms with van der Waals surface area (Å²) in [6.45, 7) is 10.0. The van der Waals surface area contributed by atoms with Gasteiger partial charge in [-0.3, -0.25) is 4.79 Å². The van der Waals surface area contributed by atoms with Crippen LogP contribution in [0.4, 0.5) is 0 Å². The number of ether oxygens (including phenoxy) is 1. The third-order valence-corrected chi connectivity index (χ3v) is 3.45. The van der Waals surface area contributed by atoms with E-state index >= 15 is 0 Å². The second kappa shape index (κ2) is 7.67. The van der Waals surface area contributed by atoms with Crippen molar-refractivity contribution in [1.82, 2.24) is 10.2 Å². The van der Waals surface area contributed by atoms with Crippen molar-refractivity contribution in [2.75, 3.05) is 32.8 Å². The number of amides is 1. The van der Waals surface area contributed by atoms with E-state index in [1.54, 1.807) is 0 Å². The van der Waals surface area contributed by atoms with Crippen LogP contribution >= 0.6 is 0 Å². The first-order chi connectivity index (χ1) is 8.17. The zero-order valence-electron chi connectivity index (χ0n) is 11.4. The average Bonchev–Trinajstić information content (AvgIpc) is 2.85. The maximum Gasteiger partial charge on any atom is 0.236 e. The minimum atomic E-state index is 0.208. The quantitative estimate of drug-likeness (QED) is 0.731. The van der Waals surface area contributed by atoms with E-state index in [1.165, 1.54) is 0 Å². The highest BCUT2D eigenvalue weighted by Gasteiger charge is 2.21. The van der Waals surface area contributed by atoms with Crippen molar-refractivity contribution in [1.29, 1.82) is 0 Å². The lowest BCUT2D eigenvalue weighted by molar-refractivity contribution is -0.130. The normalized spacial score (nSPS) is 21.5. The number of carbonyl (C=O) groups excluding carboxylic acids is 1. The van der Waals surface area contributed by atoms with Crippen molar-refractivity contribution < 1.29 is 9.53 Å². The monoisotopic (exact) mass is 242 g/mol. The van der Waals surface area contributed by atoms with Crippen LogP contribution in [0.15, 0.2) is 0 Å². The van der Waals surface area contributed by atoms with Gasteiger partial charge in [0.1, 0.15) is 0 Å². The summed E-state index contributed by atoms with van der Waals surface area (Å²) in [4.78, 5) is 13.9. The topological polar surface area (TPSA) is 41.6 Å². The maximum absolute atomic E-state index is 12.0. The summed E-state index contributed by atoms with van der Waals surface area (Å²) in [5, 5.41) is 3.25. The number of likely N-dealkylation sites (N-methyl/N-ethyl adjacent to an activating group) is 1. The molecule has 0 spiro atoms. The van der Waals surface area contributed by atoms with Crippen molar-refractivity contribution in [3.8, 4) is 0 Å². The van der Waals surface area contributed by atoms with Gasteiger partial charge in [-0.1, -0.05) is 6.92 Å². The van der Waals surface area contributed by atoms with E-state index in [2.05, 4.69) is 19.2 Å². The van der Waals surface area contributed by atoms with E-state index < -0.39 is 0 Å². The van der Waals surface area contributed by atoms with Gasteiger partial charge < -0.3 is 15.0 Å². The Balaban J connectivity index is 2.29. The average molecular weight is 242 g/mol. The zero-order chi connectivity index (χ0) is 12.7. The van der Waals surface area contributed by atoms with E-state index in [9.17, 15) is 4.79 Å². The Hall–Kier alpha value is -0.610. The van der Waals surface area contributed by atoms with Gasteiger partial charge in [0.2, 0.25) is 5.91 Å². The third kappa shape index (κ3) is 5.04. The fourth-order valence-corrected chi connectivity index (χ4v) is 1.96. The van der Waals surface area contributed by atoms with Crippen LogP contribution in [0.3, 0.4) is 0 Å². The van der Waals surface area contributed by atoms with Gasteiger partial charge in [-0.25, -0.2) is 0 Å². The predicted molar refractivity (Wildman–Crippen MR) is 68.9 cm³/mol. The SMILES string of the molecule is CCC(C)NCC(=O)N(CC)CC1CCOC1. The molecule has 4 heteroatoms. The highest BCUT2D eigenvalue weighted by Crippen LogP contribution is 2.13. The molecule has 2 unspecified atom stereocenters. The second-order valence-corrected chi connectivity index (χ2v) is 4.85. The summed E-state index contributed by atoms with van der Waals surface area (Å²) in [5.41, 5.74) is 0. The molecule has 0 aromatic carbocycles. The Kier molecular flexibility index (Phi) is 6.52. The molecule has 1 aliphatic heterocycles. The molecule has 1 saturated heterocycles. The molecule has 1 N–H and O–H groups in total. The van der Waals surface area contributed by atoms with Crippen LogP contribution in [-0.4, -0.2) is 49.7 Å². The van der Waals surface area contributed by atoms with Gasteiger partial charge in [-0.2, -0.15) is 0 Å². The summed E-state index contributed by atoms with van der Waals surface area (Å²) in [7, 11) is 0. The molecule has 1 heterocycles. The molecule has 1 aliphatic rings. The summed E-state index contributed by atoms with van der Waals surface area (Å²) in [6.07, 6.45) is 2.14. The molecule has 17 heavy (non-hydrogen) atoms. The molecule has 0 radical (unpaired) electrons. The molecule has 4 nitrogen and oxygen atoms in total. The molecule has 0 saturated carbocycles. The molecule has 0 bridgehead atoms. The van der Waals surface area contributed by atoms with E-state index in [0.717, 1.165) is 39.1 Å². The molecular weight excluding hydrogens is 216 g/mol. The number of nitrogens with zero attached hydrogens (tertiary/aromatic N) is 1. The van der Waals surface area contributed by atoms with Crippen molar-refractivity contribution >= 4 is 5.91 Å². The molecule has 0 aromatic heterocycles. The minimum absolute atomic E-state index is 0.208. The smallest absolute Gasteiger partial charge is 0.236 e. The van der Waals surface area contributed by atoms with Crippen molar-refractivity contribution in [2.24, 2.45) is 5.92 Å². The van der Waals surface area contributed by atoms with Gasteiger partial charge in [0.15, 0.2) is 0 Å². The number of nitrogens with one attached hydrogen (secondary N) is 1. The van der Waals surface area contributed by atoms with Gasteiger partial charge in [0.25, 0.3) is 0 Å². The Labute approximate surface area is 105 Å². The van der Waals surface area contributed by atoms with Crippen LogP contribution in [0.5, 0.6) is 0 Å². The second-order valence-electron chi connectivity index (χ2n) is 4.85. The van der Waals surface area contributed by atoms with Gasteiger partial charge in [0, 0.05) is 31.7 Å². The standard InChI is InChI=1S/C13H26N2O2/c1-4-11(3)14-8-13(16)15(5-2)9-12-6-7-17-10-12/h11-12,14H,4-10H2,1-3H3. The van der Waals surface area contributed by atoms with Crippen LogP contribution in [0, 0.1) is 5.92 Å². The largest absolute Gasteiger partial charge is 0.381 e. The van der Waals surface area contributed by atoms with Crippen LogP contribution in [0.1, 0.15) is 33.6 Å². The van der Waals surface area contributed by atoms with Crippen molar-refractivity contribution in [3.05, 3.63) is 0 Å². The molecule has 1 fully saturated rings. The molecule has 2 atom stereocenters. The maximum atomic E-state index is 12.0. The molecule has 0 aliphatic carbocycles. The van der Waals surface area contributed by atoms with Gasteiger partial charge >= 0.3 is 0 Å². The zero-order valence-corrected chi connectivity index (χ0v) is 11.4. The van der Waals surface area contributed by atoms with E-state index in [0.29, 0.717) is 18.5 Å². The van der Waals surface area contributed by atoms with Gasteiger partial charge in [-0.05, 0) is 26.7 Å². The minimum Gasteiger partial charge on any atom is -0.381 e. The lowest BCUT2D eigenvalue weighted by atomic mass is 10.1. The molecule has 0 aromatic rings. The number of hydrogen-bond acceptors (Lipinski definition) is 3. The lowest BCUT2D eigenvalue weighted by Crippen LogP contribution is -2.42. The predicted octanol–water partition coefficient (Wildman–Crippen LogP) is 1.26. The fraction of sp³-hybridized carbons (Fsp3) is 0.923. The number of carbonyl (C=O) groups is 1. The summed E-state index contributed by atoms with van der Waals surface area (Å²) >= 11 is 0. The van der Waals surface area contributed by atoms with E-state index in [4.69, 9.17) is 4.74 Å². The van der Waals surface area contributed by atoms with Crippen LogP contribution in [0.25, 0.3) is 0 Å². The Morgan fingerprint density at radius 1 is 1.53 bits per heavy atom. The molecule has 100 valence electrons. The van der Waals surface area contributed by atoms with Crippen molar-refractivity contribution in [3.63, 3.8) is 0 Å². The van der Waals surface area contributed by atoms with Crippen LogP contribution < -0.4 is 5.32 Å². The first-order valence-electron chi connectivity index (χ1n) is 6.76.